The molecule has 0 saturated heterocycles. The maximum atomic E-state index is 12.0. The highest BCUT2D eigenvalue weighted by molar-refractivity contribution is 7.13. The first kappa shape index (κ1) is 21.4. The van der Waals surface area contributed by atoms with Gasteiger partial charge in [0, 0.05) is 30.2 Å². The van der Waals surface area contributed by atoms with Crippen molar-refractivity contribution in [3.05, 3.63) is 40.9 Å². The van der Waals surface area contributed by atoms with Crippen molar-refractivity contribution >= 4 is 39.9 Å². The van der Waals surface area contributed by atoms with E-state index >= 15 is 0 Å². The van der Waals surface area contributed by atoms with Crippen LogP contribution in [0.15, 0.2) is 29.6 Å². The maximum absolute atomic E-state index is 12.0. The summed E-state index contributed by atoms with van der Waals surface area (Å²) in [7, 11) is 1.54. The monoisotopic (exact) mass is 404 g/mol. The van der Waals surface area contributed by atoms with Gasteiger partial charge in [-0.25, -0.2) is 9.78 Å². The Morgan fingerprint density at radius 3 is 2.54 bits per heavy atom. The fourth-order valence-electron chi connectivity index (χ4n) is 2.17. The molecule has 0 fully saturated rings. The van der Waals surface area contributed by atoms with Gasteiger partial charge < -0.3 is 20.7 Å². The summed E-state index contributed by atoms with van der Waals surface area (Å²) in [6, 6.07) is 6.37. The molecule has 9 heteroatoms. The van der Waals surface area contributed by atoms with E-state index in [1.165, 1.54) is 11.3 Å². The molecule has 0 spiro atoms. The van der Waals surface area contributed by atoms with Crippen LogP contribution in [-0.2, 0) is 9.53 Å². The van der Waals surface area contributed by atoms with Crippen molar-refractivity contribution in [3.63, 3.8) is 0 Å². The van der Waals surface area contributed by atoms with E-state index in [2.05, 4.69) is 34.8 Å². The van der Waals surface area contributed by atoms with E-state index in [1.54, 1.807) is 36.7 Å². The normalized spacial score (nSPS) is 10.4. The van der Waals surface area contributed by atoms with Crippen molar-refractivity contribution in [2.75, 3.05) is 30.8 Å². The molecule has 0 radical (unpaired) electrons. The summed E-state index contributed by atoms with van der Waals surface area (Å²) in [6.07, 6.45) is 1.00. The molecule has 2 aromatic rings. The molecule has 0 atom stereocenters. The highest BCUT2D eigenvalue weighted by Crippen LogP contribution is 2.16. The van der Waals surface area contributed by atoms with Gasteiger partial charge in [-0.2, -0.15) is 0 Å². The van der Waals surface area contributed by atoms with Gasteiger partial charge in [-0.05, 0) is 36.6 Å². The number of amides is 2. The van der Waals surface area contributed by atoms with Crippen LogP contribution >= 0.6 is 11.3 Å². The molecule has 150 valence electrons. The number of esters is 1. The van der Waals surface area contributed by atoms with Crippen LogP contribution in [0.25, 0.3) is 0 Å². The lowest BCUT2D eigenvalue weighted by Crippen LogP contribution is -2.21. The number of benzene rings is 1. The van der Waals surface area contributed by atoms with E-state index in [4.69, 9.17) is 4.74 Å². The number of anilines is 2. The predicted octanol–water partition coefficient (Wildman–Crippen LogP) is 2.76. The molecule has 28 heavy (non-hydrogen) atoms. The Balaban J connectivity index is 1.78. The van der Waals surface area contributed by atoms with Gasteiger partial charge in [0.05, 0.1) is 0 Å². The number of nitrogens with zero attached hydrogens (tertiary/aromatic N) is 1. The first-order chi connectivity index (χ1) is 13.4. The zero-order valence-corrected chi connectivity index (χ0v) is 16.9. The molecule has 0 aliphatic rings. The Morgan fingerprint density at radius 1 is 1.18 bits per heavy atom. The molecule has 3 N–H and O–H groups in total. The highest BCUT2D eigenvalue weighted by atomic mass is 32.1. The quantitative estimate of drug-likeness (QED) is 0.555. The third-order valence-corrected chi connectivity index (χ3v) is 4.50. The van der Waals surface area contributed by atoms with Crippen LogP contribution in [-0.4, -0.2) is 43.0 Å². The number of carbonyl (C=O) groups excluding carboxylic acids is 3. The predicted molar refractivity (Wildman–Crippen MR) is 109 cm³/mol. The van der Waals surface area contributed by atoms with Crippen LogP contribution in [0.2, 0.25) is 0 Å². The van der Waals surface area contributed by atoms with Crippen molar-refractivity contribution < 1.29 is 19.1 Å². The second-order valence-electron chi connectivity index (χ2n) is 6.43. The van der Waals surface area contributed by atoms with Crippen LogP contribution in [0.3, 0.4) is 0 Å². The van der Waals surface area contributed by atoms with Crippen LogP contribution in [0.4, 0.5) is 10.8 Å². The Hall–Kier alpha value is -2.94. The van der Waals surface area contributed by atoms with Crippen molar-refractivity contribution in [3.8, 4) is 0 Å². The molecule has 0 saturated carbocycles. The van der Waals surface area contributed by atoms with Gasteiger partial charge in [0.2, 0.25) is 0 Å². The summed E-state index contributed by atoms with van der Waals surface area (Å²) in [6.45, 7) is 4.62. The van der Waals surface area contributed by atoms with Crippen molar-refractivity contribution in [2.45, 2.75) is 20.3 Å². The Labute approximate surface area is 167 Å². The average Bonchev–Trinajstić information content (AvgIpc) is 3.15. The molecule has 0 unspecified atom stereocenters. The SMILES string of the molecule is CNC(=O)c1ccc(NC(=O)COC(=O)c2csc(NCCC(C)C)n2)cc1. The van der Waals surface area contributed by atoms with E-state index in [0.29, 0.717) is 22.3 Å². The fraction of sp³-hybridized carbons (Fsp3) is 0.368. The Bertz CT molecular complexity index is 818. The minimum Gasteiger partial charge on any atom is -0.451 e. The lowest BCUT2D eigenvalue weighted by atomic mass is 10.1. The van der Waals surface area contributed by atoms with Crippen molar-refractivity contribution in [1.29, 1.82) is 0 Å². The number of hydrogen-bond donors (Lipinski definition) is 3. The largest absolute Gasteiger partial charge is 0.451 e. The molecular formula is C19H24N4O4S. The number of ether oxygens (including phenoxy) is 1. The topological polar surface area (TPSA) is 109 Å². The fourth-order valence-corrected chi connectivity index (χ4v) is 2.88. The van der Waals surface area contributed by atoms with Crippen LogP contribution in [0.5, 0.6) is 0 Å². The summed E-state index contributed by atoms with van der Waals surface area (Å²) in [5.41, 5.74) is 1.15. The van der Waals surface area contributed by atoms with E-state index in [-0.39, 0.29) is 11.6 Å². The summed E-state index contributed by atoms with van der Waals surface area (Å²) < 4.78 is 5.00. The van der Waals surface area contributed by atoms with Gasteiger partial charge in [-0.3, -0.25) is 9.59 Å². The molecule has 2 rings (SSSR count). The maximum Gasteiger partial charge on any atom is 0.358 e. The Kier molecular flexibility index (Phi) is 7.94. The van der Waals surface area contributed by atoms with Crippen molar-refractivity contribution in [2.24, 2.45) is 5.92 Å². The first-order valence-electron chi connectivity index (χ1n) is 8.87. The minimum absolute atomic E-state index is 0.166. The zero-order chi connectivity index (χ0) is 20.5. The number of hydrogen-bond acceptors (Lipinski definition) is 7. The van der Waals surface area contributed by atoms with Gasteiger partial charge in [0.25, 0.3) is 11.8 Å². The summed E-state index contributed by atoms with van der Waals surface area (Å²) in [5.74, 6) is -0.770. The van der Waals surface area contributed by atoms with Gasteiger partial charge in [0.1, 0.15) is 0 Å². The molecule has 8 nitrogen and oxygen atoms in total. The number of thiazole rings is 1. The molecular weight excluding hydrogens is 380 g/mol. The molecule has 1 aromatic heterocycles. The zero-order valence-electron chi connectivity index (χ0n) is 16.1. The van der Waals surface area contributed by atoms with Gasteiger partial charge >= 0.3 is 5.97 Å². The summed E-state index contributed by atoms with van der Waals surface area (Å²) in [5, 5.41) is 10.5. The lowest BCUT2D eigenvalue weighted by Gasteiger charge is -2.07. The molecule has 0 aliphatic heterocycles. The third-order valence-electron chi connectivity index (χ3n) is 3.70. The second-order valence-corrected chi connectivity index (χ2v) is 7.29. The van der Waals surface area contributed by atoms with E-state index in [0.717, 1.165) is 13.0 Å². The number of rotatable bonds is 9. The van der Waals surface area contributed by atoms with E-state index in [1.807, 2.05) is 0 Å². The van der Waals surface area contributed by atoms with Crippen LogP contribution in [0, 0.1) is 5.92 Å². The number of aromatic nitrogens is 1. The van der Waals surface area contributed by atoms with E-state index in [9.17, 15) is 14.4 Å². The second kappa shape index (κ2) is 10.4. The minimum atomic E-state index is -0.654. The molecule has 1 aromatic carbocycles. The van der Waals surface area contributed by atoms with Crippen LogP contribution < -0.4 is 16.0 Å². The standard InChI is InChI=1S/C19H24N4O4S/c1-12(2)8-9-21-19-23-15(11-28-19)18(26)27-10-16(24)22-14-6-4-13(5-7-14)17(25)20-3/h4-7,11-12H,8-10H2,1-3H3,(H,20,25)(H,21,23)(H,22,24). The highest BCUT2D eigenvalue weighted by Gasteiger charge is 2.14. The molecule has 1 heterocycles. The molecule has 0 aliphatic carbocycles. The van der Waals surface area contributed by atoms with Gasteiger partial charge in [-0.15, -0.1) is 11.3 Å². The Morgan fingerprint density at radius 2 is 1.89 bits per heavy atom. The van der Waals surface area contributed by atoms with E-state index < -0.39 is 18.5 Å². The summed E-state index contributed by atoms with van der Waals surface area (Å²) in [4.78, 5) is 39.6. The first-order valence-corrected chi connectivity index (χ1v) is 9.75. The average molecular weight is 404 g/mol. The molecule has 2 amide bonds. The number of carbonyl (C=O) groups is 3. The van der Waals surface area contributed by atoms with Crippen molar-refractivity contribution in [1.82, 2.24) is 10.3 Å². The lowest BCUT2D eigenvalue weighted by molar-refractivity contribution is -0.119. The van der Waals surface area contributed by atoms with Gasteiger partial charge in [0.15, 0.2) is 17.4 Å². The third kappa shape index (κ3) is 6.66. The molecule has 0 bridgehead atoms. The smallest absolute Gasteiger partial charge is 0.358 e. The van der Waals surface area contributed by atoms with Gasteiger partial charge in [-0.1, -0.05) is 13.8 Å². The summed E-state index contributed by atoms with van der Waals surface area (Å²) >= 11 is 1.32. The number of nitrogens with one attached hydrogen (secondary N) is 3. The van der Waals surface area contributed by atoms with Crippen LogP contribution in [0.1, 0.15) is 41.1 Å².